The zero-order chi connectivity index (χ0) is 15.8. The fourth-order valence-corrected chi connectivity index (χ4v) is 1.89. The molecule has 8 heteroatoms. The standard InChI is InChI=1S/C14H19ClN6O/c1-3-16-14(19-9-13-20-10(2)22-21-13)17-7-6-11-4-5-12(15)18-8-11/h4-5,8H,3,6-7,9H2,1-2H3,(H2,16,17,19). The minimum atomic E-state index is 0.370. The normalized spacial score (nSPS) is 11.5. The average molecular weight is 323 g/mol. The smallest absolute Gasteiger partial charge is 0.223 e. The van der Waals surface area contributed by atoms with Crippen LogP contribution in [0, 0.1) is 6.92 Å². The Morgan fingerprint density at radius 3 is 2.86 bits per heavy atom. The van der Waals surface area contributed by atoms with Gasteiger partial charge in [0.25, 0.3) is 0 Å². The first-order valence-electron chi connectivity index (χ1n) is 7.09. The van der Waals surface area contributed by atoms with Crippen molar-refractivity contribution in [3.05, 3.63) is 40.8 Å². The Hall–Kier alpha value is -2.15. The number of pyridine rings is 1. The van der Waals surface area contributed by atoms with Crippen LogP contribution in [0.4, 0.5) is 0 Å². The molecule has 0 radical (unpaired) electrons. The number of aromatic nitrogens is 3. The van der Waals surface area contributed by atoms with Gasteiger partial charge in [0.05, 0.1) is 0 Å². The maximum absolute atomic E-state index is 5.76. The molecule has 7 nitrogen and oxygen atoms in total. The van der Waals surface area contributed by atoms with Crippen LogP contribution in [0.5, 0.6) is 0 Å². The summed E-state index contributed by atoms with van der Waals surface area (Å²) in [6, 6.07) is 3.75. The van der Waals surface area contributed by atoms with E-state index in [-0.39, 0.29) is 0 Å². The predicted octanol–water partition coefficient (Wildman–Crippen LogP) is 1.72. The van der Waals surface area contributed by atoms with Gasteiger partial charge in [-0.3, -0.25) is 0 Å². The lowest BCUT2D eigenvalue weighted by molar-refractivity contribution is 0.387. The highest BCUT2D eigenvalue weighted by molar-refractivity contribution is 6.29. The van der Waals surface area contributed by atoms with Gasteiger partial charge in [-0.05, 0) is 25.0 Å². The van der Waals surface area contributed by atoms with Crippen LogP contribution in [0.15, 0.2) is 27.8 Å². The Bertz CT molecular complexity index is 610. The number of hydrogen-bond donors (Lipinski definition) is 2. The number of rotatable bonds is 6. The molecule has 0 atom stereocenters. The summed E-state index contributed by atoms with van der Waals surface area (Å²) < 4.78 is 4.92. The second kappa shape index (κ2) is 8.33. The quantitative estimate of drug-likeness (QED) is 0.478. The SMILES string of the molecule is CCNC(=NCc1noc(C)n1)NCCc1ccc(Cl)nc1. The van der Waals surface area contributed by atoms with E-state index in [1.54, 1.807) is 19.2 Å². The van der Waals surface area contributed by atoms with E-state index in [0.717, 1.165) is 25.1 Å². The number of hydrogen-bond acceptors (Lipinski definition) is 5. The molecule has 2 heterocycles. The Morgan fingerprint density at radius 2 is 2.23 bits per heavy atom. The topological polar surface area (TPSA) is 88.2 Å². The summed E-state index contributed by atoms with van der Waals surface area (Å²) in [5, 5.41) is 10.7. The van der Waals surface area contributed by atoms with E-state index >= 15 is 0 Å². The third kappa shape index (κ3) is 5.33. The summed E-state index contributed by atoms with van der Waals surface area (Å²) in [7, 11) is 0. The number of halogens is 1. The van der Waals surface area contributed by atoms with Gasteiger partial charge in [0.2, 0.25) is 5.89 Å². The van der Waals surface area contributed by atoms with Crippen molar-refractivity contribution in [1.29, 1.82) is 0 Å². The first-order chi connectivity index (χ1) is 10.7. The summed E-state index contributed by atoms with van der Waals surface area (Å²) >= 11 is 5.76. The molecule has 0 bridgehead atoms. The third-order valence-corrected chi connectivity index (χ3v) is 3.01. The molecule has 0 saturated carbocycles. The first kappa shape index (κ1) is 16.2. The number of nitrogens with one attached hydrogen (secondary N) is 2. The molecule has 0 unspecified atom stereocenters. The van der Waals surface area contributed by atoms with Gasteiger partial charge in [-0.15, -0.1) is 0 Å². The van der Waals surface area contributed by atoms with Crippen molar-refractivity contribution in [2.24, 2.45) is 4.99 Å². The van der Waals surface area contributed by atoms with Crippen LogP contribution in [0.25, 0.3) is 0 Å². The molecule has 0 aliphatic carbocycles. The molecule has 118 valence electrons. The average Bonchev–Trinajstić information content (AvgIpc) is 2.92. The first-order valence-corrected chi connectivity index (χ1v) is 7.47. The van der Waals surface area contributed by atoms with E-state index in [4.69, 9.17) is 16.1 Å². The van der Waals surface area contributed by atoms with Crippen LogP contribution >= 0.6 is 11.6 Å². The minimum Gasteiger partial charge on any atom is -0.357 e. The molecule has 0 amide bonds. The number of aryl methyl sites for hydroxylation is 1. The van der Waals surface area contributed by atoms with E-state index < -0.39 is 0 Å². The molecule has 2 N–H and O–H groups in total. The van der Waals surface area contributed by atoms with Crippen molar-refractivity contribution in [2.75, 3.05) is 13.1 Å². The molecular weight excluding hydrogens is 304 g/mol. The molecule has 0 saturated heterocycles. The van der Waals surface area contributed by atoms with Crippen LogP contribution in [-0.4, -0.2) is 34.2 Å². The third-order valence-electron chi connectivity index (χ3n) is 2.79. The van der Waals surface area contributed by atoms with Crippen molar-refractivity contribution in [2.45, 2.75) is 26.8 Å². The Kier molecular flexibility index (Phi) is 6.14. The van der Waals surface area contributed by atoms with Crippen LogP contribution in [0.1, 0.15) is 24.2 Å². The van der Waals surface area contributed by atoms with Gasteiger partial charge in [0, 0.05) is 26.2 Å². The summed E-state index contributed by atoms with van der Waals surface area (Å²) in [6.45, 7) is 5.65. The van der Waals surface area contributed by atoms with Gasteiger partial charge in [0.1, 0.15) is 11.7 Å². The molecule has 0 aliphatic heterocycles. The molecule has 2 rings (SSSR count). The zero-order valence-electron chi connectivity index (χ0n) is 12.6. The minimum absolute atomic E-state index is 0.370. The predicted molar refractivity (Wildman–Crippen MR) is 84.8 cm³/mol. The zero-order valence-corrected chi connectivity index (χ0v) is 13.4. The Morgan fingerprint density at radius 1 is 1.36 bits per heavy atom. The molecule has 2 aromatic rings. The van der Waals surface area contributed by atoms with Gasteiger partial charge >= 0.3 is 0 Å². The summed E-state index contributed by atoms with van der Waals surface area (Å²) in [6.07, 6.45) is 2.60. The molecule has 0 aromatic carbocycles. The maximum atomic E-state index is 5.76. The van der Waals surface area contributed by atoms with E-state index in [0.29, 0.717) is 29.4 Å². The number of nitrogens with zero attached hydrogens (tertiary/aromatic N) is 4. The van der Waals surface area contributed by atoms with Gasteiger partial charge in [0.15, 0.2) is 11.8 Å². The van der Waals surface area contributed by atoms with Crippen molar-refractivity contribution in [3.8, 4) is 0 Å². The summed E-state index contributed by atoms with van der Waals surface area (Å²) in [5.74, 6) is 1.82. The van der Waals surface area contributed by atoms with E-state index in [9.17, 15) is 0 Å². The van der Waals surface area contributed by atoms with Crippen molar-refractivity contribution in [3.63, 3.8) is 0 Å². The van der Waals surface area contributed by atoms with Gasteiger partial charge in [-0.25, -0.2) is 9.98 Å². The van der Waals surface area contributed by atoms with Gasteiger partial charge in [-0.1, -0.05) is 22.8 Å². The molecule has 0 fully saturated rings. The molecular formula is C14H19ClN6O. The number of guanidine groups is 1. The van der Waals surface area contributed by atoms with Crippen LogP contribution < -0.4 is 10.6 Å². The molecule has 0 aliphatic rings. The fourth-order valence-electron chi connectivity index (χ4n) is 1.78. The molecule has 0 spiro atoms. The molecule has 22 heavy (non-hydrogen) atoms. The van der Waals surface area contributed by atoms with E-state index in [1.807, 2.05) is 13.0 Å². The van der Waals surface area contributed by atoms with Crippen LogP contribution in [-0.2, 0) is 13.0 Å². The van der Waals surface area contributed by atoms with E-state index in [1.165, 1.54) is 0 Å². The van der Waals surface area contributed by atoms with Crippen molar-refractivity contribution in [1.82, 2.24) is 25.8 Å². The van der Waals surface area contributed by atoms with Crippen LogP contribution in [0.2, 0.25) is 5.15 Å². The Balaban J connectivity index is 1.84. The summed E-state index contributed by atoms with van der Waals surface area (Å²) in [5.41, 5.74) is 1.11. The van der Waals surface area contributed by atoms with Gasteiger partial charge in [-0.2, -0.15) is 4.98 Å². The highest BCUT2D eigenvalue weighted by Gasteiger charge is 2.03. The lowest BCUT2D eigenvalue weighted by Gasteiger charge is -2.10. The highest BCUT2D eigenvalue weighted by Crippen LogP contribution is 2.05. The van der Waals surface area contributed by atoms with Crippen molar-refractivity contribution < 1.29 is 4.52 Å². The van der Waals surface area contributed by atoms with E-state index in [2.05, 4.69) is 30.8 Å². The van der Waals surface area contributed by atoms with Crippen LogP contribution in [0.3, 0.4) is 0 Å². The maximum Gasteiger partial charge on any atom is 0.223 e. The second-order valence-electron chi connectivity index (χ2n) is 4.59. The van der Waals surface area contributed by atoms with Crippen molar-refractivity contribution >= 4 is 17.6 Å². The Labute approximate surface area is 134 Å². The lowest BCUT2D eigenvalue weighted by atomic mass is 10.2. The lowest BCUT2D eigenvalue weighted by Crippen LogP contribution is -2.38. The number of aliphatic imine (C=N–C) groups is 1. The van der Waals surface area contributed by atoms with Gasteiger partial charge < -0.3 is 15.2 Å². The second-order valence-corrected chi connectivity index (χ2v) is 4.98. The fraction of sp³-hybridized carbons (Fsp3) is 0.429. The summed E-state index contributed by atoms with van der Waals surface area (Å²) in [4.78, 5) is 12.6. The monoisotopic (exact) mass is 322 g/mol. The highest BCUT2D eigenvalue weighted by atomic mass is 35.5. The molecule has 2 aromatic heterocycles. The largest absolute Gasteiger partial charge is 0.357 e.